The lowest BCUT2D eigenvalue weighted by Gasteiger charge is -2.22. The third kappa shape index (κ3) is 3.53. The van der Waals surface area contributed by atoms with Crippen LogP contribution in [-0.4, -0.2) is 41.5 Å². The number of amides is 2. The molecule has 7 heteroatoms. The van der Waals surface area contributed by atoms with E-state index in [9.17, 15) is 14.4 Å². The van der Waals surface area contributed by atoms with Crippen molar-refractivity contribution in [3.63, 3.8) is 0 Å². The van der Waals surface area contributed by atoms with Crippen molar-refractivity contribution in [1.29, 1.82) is 0 Å². The molecule has 0 aliphatic rings. The van der Waals surface area contributed by atoms with E-state index in [0.29, 0.717) is 0 Å². The van der Waals surface area contributed by atoms with Crippen molar-refractivity contribution in [3.05, 3.63) is 29.6 Å². The molecule has 0 bridgehead atoms. The number of nitrogens with zero attached hydrogens (tertiary/aromatic N) is 1. The first-order chi connectivity index (χ1) is 9.29. The van der Waals surface area contributed by atoms with Gasteiger partial charge in [0.25, 0.3) is 5.91 Å². The van der Waals surface area contributed by atoms with Crippen LogP contribution in [0, 0.1) is 5.41 Å². The predicted molar refractivity (Wildman–Crippen MR) is 71.4 cm³/mol. The van der Waals surface area contributed by atoms with Crippen molar-refractivity contribution in [2.75, 3.05) is 13.6 Å². The molecule has 108 valence electrons. The number of aromatic carboxylic acids is 1. The number of carbonyl (C=O) groups excluding carboxylic acids is 2. The fourth-order valence-electron chi connectivity index (χ4n) is 1.56. The normalized spacial score (nSPS) is 10.8. The van der Waals surface area contributed by atoms with E-state index in [4.69, 9.17) is 5.11 Å². The van der Waals surface area contributed by atoms with E-state index in [1.807, 2.05) is 0 Å². The molecule has 20 heavy (non-hydrogen) atoms. The van der Waals surface area contributed by atoms with Gasteiger partial charge in [0.05, 0.1) is 11.0 Å². The number of pyridine rings is 1. The van der Waals surface area contributed by atoms with Crippen LogP contribution in [0.2, 0.25) is 0 Å². The second-order valence-corrected chi connectivity index (χ2v) is 4.85. The van der Waals surface area contributed by atoms with E-state index in [1.165, 1.54) is 25.4 Å². The van der Waals surface area contributed by atoms with Gasteiger partial charge in [-0.25, -0.2) is 4.79 Å². The number of aromatic nitrogens is 1. The van der Waals surface area contributed by atoms with Gasteiger partial charge in [-0.05, 0) is 26.0 Å². The number of hydrogen-bond donors (Lipinski definition) is 3. The molecular weight excluding hydrogens is 262 g/mol. The van der Waals surface area contributed by atoms with Gasteiger partial charge < -0.3 is 15.7 Å². The standard InChI is InChI=1S/C13H17N3O4/c1-13(2,12(20)14-3)7-16-10(17)9-8(11(18)19)5-4-6-15-9/h4-6H,7H2,1-3H3,(H,14,20)(H,16,17)(H,18,19). The smallest absolute Gasteiger partial charge is 0.338 e. The van der Waals surface area contributed by atoms with Gasteiger partial charge in [0.2, 0.25) is 5.91 Å². The lowest BCUT2D eigenvalue weighted by Crippen LogP contribution is -2.44. The number of carbonyl (C=O) groups is 3. The minimum Gasteiger partial charge on any atom is -0.478 e. The maximum atomic E-state index is 12.0. The molecule has 0 aliphatic heterocycles. The van der Waals surface area contributed by atoms with Crippen LogP contribution in [0.5, 0.6) is 0 Å². The molecule has 7 nitrogen and oxygen atoms in total. The summed E-state index contributed by atoms with van der Waals surface area (Å²) in [6.07, 6.45) is 1.34. The highest BCUT2D eigenvalue weighted by Gasteiger charge is 2.28. The van der Waals surface area contributed by atoms with E-state index in [1.54, 1.807) is 13.8 Å². The molecule has 0 saturated heterocycles. The Balaban J connectivity index is 2.83. The summed E-state index contributed by atoms with van der Waals surface area (Å²) in [5.41, 5.74) is -1.15. The summed E-state index contributed by atoms with van der Waals surface area (Å²) in [6.45, 7) is 3.41. The van der Waals surface area contributed by atoms with Crippen molar-refractivity contribution >= 4 is 17.8 Å². The van der Waals surface area contributed by atoms with Crippen LogP contribution in [0.25, 0.3) is 0 Å². The van der Waals surface area contributed by atoms with Crippen LogP contribution < -0.4 is 10.6 Å². The van der Waals surface area contributed by atoms with E-state index in [0.717, 1.165) is 0 Å². The maximum absolute atomic E-state index is 12.0. The van der Waals surface area contributed by atoms with Gasteiger partial charge in [-0.2, -0.15) is 0 Å². The van der Waals surface area contributed by atoms with E-state index in [-0.39, 0.29) is 23.7 Å². The molecule has 0 unspecified atom stereocenters. The average Bonchev–Trinajstić information content (AvgIpc) is 2.43. The molecule has 0 radical (unpaired) electrons. The quantitative estimate of drug-likeness (QED) is 0.717. The van der Waals surface area contributed by atoms with E-state index in [2.05, 4.69) is 15.6 Å². The van der Waals surface area contributed by atoms with Gasteiger partial charge in [-0.15, -0.1) is 0 Å². The highest BCUT2D eigenvalue weighted by Crippen LogP contribution is 2.14. The van der Waals surface area contributed by atoms with Crippen LogP contribution in [-0.2, 0) is 4.79 Å². The van der Waals surface area contributed by atoms with Crippen LogP contribution in [0.1, 0.15) is 34.7 Å². The lowest BCUT2D eigenvalue weighted by atomic mass is 9.92. The topological polar surface area (TPSA) is 108 Å². The van der Waals surface area contributed by atoms with Crippen LogP contribution >= 0.6 is 0 Å². The summed E-state index contributed by atoms with van der Waals surface area (Å²) >= 11 is 0. The summed E-state index contributed by atoms with van der Waals surface area (Å²) in [4.78, 5) is 38.3. The number of hydrogen-bond acceptors (Lipinski definition) is 4. The third-order valence-corrected chi connectivity index (χ3v) is 2.79. The summed E-state index contributed by atoms with van der Waals surface area (Å²) in [6, 6.07) is 2.74. The molecule has 0 spiro atoms. The number of carboxylic acid groups (broad SMARTS) is 1. The Morgan fingerprint density at radius 1 is 1.35 bits per heavy atom. The second-order valence-electron chi connectivity index (χ2n) is 4.85. The molecule has 1 aromatic rings. The average molecular weight is 279 g/mol. The van der Waals surface area contributed by atoms with Gasteiger partial charge in [-0.1, -0.05) is 0 Å². The van der Waals surface area contributed by atoms with Crippen molar-refractivity contribution < 1.29 is 19.5 Å². The van der Waals surface area contributed by atoms with Crippen LogP contribution in [0.15, 0.2) is 18.3 Å². The van der Waals surface area contributed by atoms with Crippen molar-refractivity contribution in [3.8, 4) is 0 Å². The second kappa shape index (κ2) is 6.14. The minimum atomic E-state index is -1.23. The third-order valence-electron chi connectivity index (χ3n) is 2.79. The van der Waals surface area contributed by atoms with Crippen molar-refractivity contribution in [2.24, 2.45) is 5.41 Å². The lowest BCUT2D eigenvalue weighted by molar-refractivity contribution is -0.128. The summed E-state index contributed by atoms with van der Waals surface area (Å²) in [5.74, 6) is -2.08. The Hall–Kier alpha value is -2.44. The van der Waals surface area contributed by atoms with Gasteiger partial charge in [-0.3, -0.25) is 14.6 Å². The summed E-state index contributed by atoms with van der Waals surface area (Å²) in [5, 5.41) is 14.0. The highest BCUT2D eigenvalue weighted by atomic mass is 16.4. The van der Waals surface area contributed by atoms with E-state index < -0.39 is 17.3 Å². The summed E-state index contributed by atoms with van der Waals surface area (Å²) < 4.78 is 0. The Morgan fingerprint density at radius 2 is 2.00 bits per heavy atom. The Labute approximate surface area is 116 Å². The van der Waals surface area contributed by atoms with Crippen molar-refractivity contribution in [2.45, 2.75) is 13.8 Å². The summed E-state index contributed by atoms with van der Waals surface area (Å²) in [7, 11) is 1.51. The fraction of sp³-hybridized carbons (Fsp3) is 0.385. The molecule has 3 N–H and O–H groups in total. The number of rotatable bonds is 5. The van der Waals surface area contributed by atoms with Gasteiger partial charge in [0.1, 0.15) is 5.69 Å². The maximum Gasteiger partial charge on any atom is 0.338 e. The predicted octanol–water partition coefficient (Wildman–Crippen LogP) is 0.282. The first kappa shape index (κ1) is 15.6. The first-order valence-electron chi connectivity index (χ1n) is 5.98. The molecule has 2 amide bonds. The highest BCUT2D eigenvalue weighted by molar-refractivity contribution is 6.03. The zero-order valence-corrected chi connectivity index (χ0v) is 11.6. The Morgan fingerprint density at radius 3 is 2.55 bits per heavy atom. The molecule has 1 rings (SSSR count). The molecule has 0 aromatic carbocycles. The number of carboxylic acids is 1. The molecule has 1 heterocycles. The molecule has 0 atom stereocenters. The van der Waals surface area contributed by atoms with Crippen molar-refractivity contribution in [1.82, 2.24) is 15.6 Å². The Bertz CT molecular complexity index is 540. The minimum absolute atomic E-state index is 0.0706. The molecule has 0 saturated carbocycles. The largest absolute Gasteiger partial charge is 0.478 e. The molecule has 0 aliphatic carbocycles. The molecule has 1 aromatic heterocycles. The molecular formula is C13H17N3O4. The van der Waals surface area contributed by atoms with Gasteiger partial charge in [0, 0.05) is 19.8 Å². The Kier molecular flexibility index (Phi) is 4.79. The molecule has 0 fully saturated rings. The van der Waals surface area contributed by atoms with E-state index >= 15 is 0 Å². The van der Waals surface area contributed by atoms with Crippen LogP contribution in [0.3, 0.4) is 0 Å². The zero-order valence-electron chi connectivity index (χ0n) is 11.6. The SMILES string of the molecule is CNC(=O)C(C)(C)CNC(=O)c1ncccc1C(=O)O. The van der Waals surface area contributed by atoms with Gasteiger partial charge in [0.15, 0.2) is 0 Å². The first-order valence-corrected chi connectivity index (χ1v) is 5.98. The number of nitrogens with one attached hydrogen (secondary N) is 2. The fourth-order valence-corrected chi connectivity index (χ4v) is 1.56. The zero-order chi connectivity index (χ0) is 15.3. The van der Waals surface area contributed by atoms with Crippen LogP contribution in [0.4, 0.5) is 0 Å². The monoisotopic (exact) mass is 279 g/mol. The van der Waals surface area contributed by atoms with Gasteiger partial charge >= 0.3 is 5.97 Å².